The van der Waals surface area contributed by atoms with Gasteiger partial charge in [-0.2, -0.15) is 0 Å². The van der Waals surface area contributed by atoms with Crippen molar-refractivity contribution in [3.63, 3.8) is 0 Å². The molecule has 0 amide bonds. The minimum absolute atomic E-state index is 0.0362. The highest BCUT2D eigenvalue weighted by atomic mass is 16.5. The van der Waals surface area contributed by atoms with E-state index in [1.165, 1.54) is 0 Å². The molecule has 1 aromatic carbocycles. The number of hydrogen-bond donors (Lipinski definition) is 2. The molecule has 0 spiro atoms. The molecule has 0 bridgehead atoms. The zero-order chi connectivity index (χ0) is 13.5. The summed E-state index contributed by atoms with van der Waals surface area (Å²) in [6, 6.07) is 5.41. The summed E-state index contributed by atoms with van der Waals surface area (Å²) in [4.78, 5) is 0. The largest absolute Gasteiger partial charge is 0.497 e. The zero-order valence-electron chi connectivity index (χ0n) is 11.6. The summed E-state index contributed by atoms with van der Waals surface area (Å²) in [5.41, 5.74) is 0.743. The Morgan fingerprint density at radius 2 is 2.00 bits per heavy atom. The fourth-order valence-corrected chi connectivity index (χ4v) is 1.82. The summed E-state index contributed by atoms with van der Waals surface area (Å²) in [7, 11) is 3.21. The maximum Gasteiger partial charge on any atom is 0.124 e. The molecule has 0 aliphatic rings. The fourth-order valence-electron chi connectivity index (χ4n) is 1.82. The lowest BCUT2D eigenvalue weighted by atomic mass is 10.0. The van der Waals surface area contributed by atoms with Crippen molar-refractivity contribution in [1.82, 2.24) is 5.32 Å². The van der Waals surface area contributed by atoms with Crippen LogP contribution in [0.3, 0.4) is 0 Å². The van der Waals surface area contributed by atoms with E-state index in [9.17, 15) is 5.11 Å². The summed E-state index contributed by atoms with van der Waals surface area (Å²) in [5.74, 6) is 1.39. The maximum atomic E-state index is 10.3. The highest BCUT2D eigenvalue weighted by Crippen LogP contribution is 2.30. The lowest BCUT2D eigenvalue weighted by Crippen LogP contribution is -2.32. The number of aliphatic hydroxyl groups is 1. The third kappa shape index (κ3) is 3.62. The first-order valence-electron chi connectivity index (χ1n) is 6.27. The van der Waals surface area contributed by atoms with Gasteiger partial charge in [0.1, 0.15) is 11.5 Å². The van der Waals surface area contributed by atoms with Gasteiger partial charge in [0, 0.05) is 11.6 Å². The first-order valence-corrected chi connectivity index (χ1v) is 6.27. The van der Waals surface area contributed by atoms with E-state index < -0.39 is 6.10 Å². The molecule has 0 aromatic heterocycles. The van der Waals surface area contributed by atoms with E-state index in [0.29, 0.717) is 11.5 Å². The van der Waals surface area contributed by atoms with Crippen LogP contribution in [0.1, 0.15) is 31.9 Å². The molecular formula is C14H23NO3. The number of benzene rings is 1. The fraction of sp³-hybridized carbons (Fsp3) is 0.571. The first-order chi connectivity index (χ1) is 8.63. The van der Waals surface area contributed by atoms with Crippen LogP contribution in [0.5, 0.6) is 11.5 Å². The monoisotopic (exact) mass is 253 g/mol. The van der Waals surface area contributed by atoms with Crippen molar-refractivity contribution in [2.75, 3.05) is 20.8 Å². The molecule has 2 N–H and O–H groups in total. The second kappa shape index (κ2) is 7.24. The van der Waals surface area contributed by atoms with Crippen molar-refractivity contribution in [3.8, 4) is 11.5 Å². The minimum atomic E-state index is -0.624. The summed E-state index contributed by atoms with van der Waals surface area (Å²) in [6.45, 7) is 4.93. The SMILES string of the molecule is CCCNC(C)C(O)c1cc(OC)ccc1OC. The Hall–Kier alpha value is -1.26. The molecule has 4 nitrogen and oxygen atoms in total. The Labute approximate surface area is 109 Å². The van der Waals surface area contributed by atoms with Gasteiger partial charge in [0.25, 0.3) is 0 Å². The topological polar surface area (TPSA) is 50.7 Å². The molecule has 0 aliphatic heterocycles. The number of rotatable bonds is 7. The van der Waals surface area contributed by atoms with E-state index in [2.05, 4.69) is 12.2 Å². The van der Waals surface area contributed by atoms with Crippen LogP contribution in [0.2, 0.25) is 0 Å². The molecule has 2 atom stereocenters. The Bertz CT molecular complexity index is 368. The van der Waals surface area contributed by atoms with Gasteiger partial charge in [0.15, 0.2) is 0 Å². The third-order valence-electron chi connectivity index (χ3n) is 2.95. The smallest absolute Gasteiger partial charge is 0.124 e. The molecule has 0 radical (unpaired) electrons. The Balaban J connectivity index is 2.91. The average molecular weight is 253 g/mol. The van der Waals surface area contributed by atoms with Gasteiger partial charge in [-0.1, -0.05) is 6.92 Å². The summed E-state index contributed by atoms with van der Waals surface area (Å²) < 4.78 is 10.5. The van der Waals surface area contributed by atoms with E-state index in [1.807, 2.05) is 25.1 Å². The Morgan fingerprint density at radius 1 is 1.28 bits per heavy atom. The number of methoxy groups -OCH3 is 2. The van der Waals surface area contributed by atoms with Crippen molar-refractivity contribution < 1.29 is 14.6 Å². The molecule has 0 aliphatic carbocycles. The van der Waals surface area contributed by atoms with Gasteiger partial charge in [0.05, 0.1) is 20.3 Å². The second-order valence-electron chi connectivity index (χ2n) is 4.30. The van der Waals surface area contributed by atoms with Gasteiger partial charge in [0.2, 0.25) is 0 Å². The van der Waals surface area contributed by atoms with Gasteiger partial charge in [-0.3, -0.25) is 0 Å². The van der Waals surface area contributed by atoms with Crippen LogP contribution in [0.15, 0.2) is 18.2 Å². The third-order valence-corrected chi connectivity index (χ3v) is 2.95. The molecule has 2 unspecified atom stereocenters. The van der Waals surface area contributed by atoms with Crippen molar-refractivity contribution in [2.24, 2.45) is 0 Å². The predicted molar refractivity (Wildman–Crippen MR) is 72.3 cm³/mol. The van der Waals surface area contributed by atoms with Crippen LogP contribution < -0.4 is 14.8 Å². The molecule has 102 valence electrons. The maximum absolute atomic E-state index is 10.3. The van der Waals surface area contributed by atoms with E-state index in [1.54, 1.807) is 14.2 Å². The van der Waals surface area contributed by atoms with Gasteiger partial charge in [-0.05, 0) is 38.1 Å². The van der Waals surface area contributed by atoms with Gasteiger partial charge >= 0.3 is 0 Å². The van der Waals surface area contributed by atoms with Crippen LogP contribution in [-0.4, -0.2) is 31.9 Å². The van der Waals surface area contributed by atoms with E-state index in [4.69, 9.17) is 9.47 Å². The number of hydrogen-bond acceptors (Lipinski definition) is 4. The minimum Gasteiger partial charge on any atom is -0.497 e. The van der Waals surface area contributed by atoms with E-state index in [0.717, 1.165) is 18.5 Å². The van der Waals surface area contributed by atoms with Gasteiger partial charge in [-0.15, -0.1) is 0 Å². The highest BCUT2D eigenvalue weighted by molar-refractivity contribution is 5.42. The van der Waals surface area contributed by atoms with Crippen molar-refractivity contribution in [3.05, 3.63) is 23.8 Å². The molecule has 1 aromatic rings. The quantitative estimate of drug-likeness (QED) is 0.781. The highest BCUT2D eigenvalue weighted by Gasteiger charge is 2.20. The van der Waals surface area contributed by atoms with Crippen LogP contribution in [0.4, 0.5) is 0 Å². The normalized spacial score (nSPS) is 14.1. The number of aliphatic hydroxyl groups excluding tert-OH is 1. The second-order valence-corrected chi connectivity index (χ2v) is 4.30. The summed E-state index contributed by atoms with van der Waals surface area (Å²) >= 11 is 0. The molecule has 0 saturated carbocycles. The van der Waals surface area contributed by atoms with Gasteiger partial charge < -0.3 is 19.9 Å². The van der Waals surface area contributed by atoms with Gasteiger partial charge in [-0.25, -0.2) is 0 Å². The summed E-state index contributed by atoms with van der Waals surface area (Å²) in [6.07, 6.45) is 0.411. The van der Waals surface area contributed by atoms with Crippen LogP contribution in [0, 0.1) is 0 Å². The Kier molecular flexibility index (Phi) is 5.95. The summed E-state index contributed by atoms with van der Waals surface area (Å²) in [5, 5.41) is 13.6. The molecule has 1 rings (SSSR count). The predicted octanol–water partition coefficient (Wildman–Crippen LogP) is 2.13. The lowest BCUT2D eigenvalue weighted by molar-refractivity contribution is 0.132. The molecular weight excluding hydrogens is 230 g/mol. The number of ether oxygens (including phenoxy) is 2. The number of nitrogens with one attached hydrogen (secondary N) is 1. The van der Waals surface area contributed by atoms with Crippen LogP contribution in [-0.2, 0) is 0 Å². The Morgan fingerprint density at radius 3 is 2.56 bits per heavy atom. The van der Waals surface area contributed by atoms with Crippen molar-refractivity contribution >= 4 is 0 Å². The van der Waals surface area contributed by atoms with Crippen molar-refractivity contribution in [2.45, 2.75) is 32.4 Å². The molecule has 18 heavy (non-hydrogen) atoms. The molecule has 4 heteroatoms. The van der Waals surface area contributed by atoms with Crippen molar-refractivity contribution in [1.29, 1.82) is 0 Å². The molecule has 0 heterocycles. The van der Waals surface area contributed by atoms with Crippen LogP contribution in [0.25, 0.3) is 0 Å². The molecule has 0 saturated heterocycles. The van der Waals surface area contributed by atoms with E-state index in [-0.39, 0.29) is 6.04 Å². The standard InChI is InChI=1S/C14H23NO3/c1-5-8-15-10(2)14(16)12-9-11(17-3)6-7-13(12)18-4/h6-7,9-10,14-16H,5,8H2,1-4H3. The molecule has 0 fully saturated rings. The van der Waals surface area contributed by atoms with E-state index >= 15 is 0 Å². The average Bonchev–Trinajstić information content (AvgIpc) is 2.43. The zero-order valence-corrected chi connectivity index (χ0v) is 11.6. The van der Waals surface area contributed by atoms with Crippen LogP contribution >= 0.6 is 0 Å². The first kappa shape index (κ1) is 14.8. The lowest BCUT2D eigenvalue weighted by Gasteiger charge is -2.22.